The van der Waals surface area contributed by atoms with E-state index in [-0.39, 0.29) is 5.91 Å². The summed E-state index contributed by atoms with van der Waals surface area (Å²) in [7, 11) is 0. The first kappa shape index (κ1) is 15.6. The standard InChI is InChI=1S/C19H21N5O/c25-18(15-12-17-6-2-5-11-24(17)14-15)21-13-16-7-8-20-19(22-16)23-9-3-1-4-10-23/h2,5-8,11-12,14H,1,3-4,9-10,13H2,(H,21,25). The second-order valence-corrected chi connectivity index (χ2v) is 6.34. The van der Waals surface area contributed by atoms with Gasteiger partial charge in [0.1, 0.15) is 0 Å². The Kier molecular flexibility index (Phi) is 4.33. The van der Waals surface area contributed by atoms with Crippen LogP contribution < -0.4 is 10.2 Å². The van der Waals surface area contributed by atoms with Gasteiger partial charge in [-0.25, -0.2) is 9.97 Å². The van der Waals surface area contributed by atoms with Gasteiger partial charge in [0.15, 0.2) is 0 Å². The van der Waals surface area contributed by atoms with Gasteiger partial charge in [0, 0.05) is 37.2 Å². The monoisotopic (exact) mass is 335 g/mol. The summed E-state index contributed by atoms with van der Waals surface area (Å²) >= 11 is 0. The Hall–Kier alpha value is -2.89. The summed E-state index contributed by atoms with van der Waals surface area (Å²) in [6, 6.07) is 9.61. The number of pyridine rings is 1. The predicted molar refractivity (Wildman–Crippen MR) is 96.7 cm³/mol. The number of carbonyl (C=O) groups excluding carboxylic acids is 1. The van der Waals surface area contributed by atoms with Crippen LogP contribution in [0.15, 0.2) is 48.9 Å². The predicted octanol–water partition coefficient (Wildman–Crippen LogP) is 2.65. The Labute approximate surface area is 146 Å². The molecule has 25 heavy (non-hydrogen) atoms. The normalized spacial score (nSPS) is 14.6. The number of nitrogens with zero attached hydrogens (tertiary/aromatic N) is 4. The highest BCUT2D eigenvalue weighted by atomic mass is 16.1. The molecule has 0 aliphatic carbocycles. The lowest BCUT2D eigenvalue weighted by atomic mass is 10.1. The van der Waals surface area contributed by atoms with Gasteiger partial charge in [-0.05, 0) is 43.5 Å². The van der Waals surface area contributed by atoms with E-state index in [1.807, 2.05) is 47.1 Å². The van der Waals surface area contributed by atoms with Crippen LogP contribution in [0.1, 0.15) is 35.3 Å². The number of aromatic nitrogens is 3. The largest absolute Gasteiger partial charge is 0.346 e. The zero-order chi connectivity index (χ0) is 17.1. The van der Waals surface area contributed by atoms with Crippen LogP contribution in [-0.4, -0.2) is 33.4 Å². The summed E-state index contributed by atoms with van der Waals surface area (Å²) in [5, 5.41) is 2.95. The second kappa shape index (κ2) is 6.93. The van der Waals surface area contributed by atoms with E-state index in [2.05, 4.69) is 20.2 Å². The molecule has 0 bridgehead atoms. The van der Waals surface area contributed by atoms with Crippen LogP contribution in [-0.2, 0) is 6.54 Å². The molecule has 3 aromatic heterocycles. The van der Waals surface area contributed by atoms with Crippen molar-refractivity contribution >= 4 is 17.4 Å². The van der Waals surface area contributed by atoms with E-state index < -0.39 is 0 Å². The third-order valence-electron chi connectivity index (χ3n) is 4.54. The number of piperidine rings is 1. The minimum atomic E-state index is -0.0955. The Balaban J connectivity index is 1.42. The van der Waals surface area contributed by atoms with E-state index in [0.717, 1.165) is 30.2 Å². The topological polar surface area (TPSA) is 62.5 Å². The molecule has 3 aromatic rings. The van der Waals surface area contributed by atoms with Crippen LogP contribution in [0.5, 0.6) is 0 Å². The second-order valence-electron chi connectivity index (χ2n) is 6.34. The minimum Gasteiger partial charge on any atom is -0.346 e. The van der Waals surface area contributed by atoms with E-state index in [0.29, 0.717) is 12.1 Å². The number of anilines is 1. The van der Waals surface area contributed by atoms with Crippen molar-refractivity contribution in [2.75, 3.05) is 18.0 Å². The molecule has 6 heteroatoms. The molecule has 0 unspecified atom stereocenters. The van der Waals surface area contributed by atoms with Crippen LogP contribution in [0.2, 0.25) is 0 Å². The van der Waals surface area contributed by atoms with Gasteiger partial charge in [-0.3, -0.25) is 4.79 Å². The summed E-state index contributed by atoms with van der Waals surface area (Å²) in [5.41, 5.74) is 2.48. The van der Waals surface area contributed by atoms with Gasteiger partial charge in [-0.1, -0.05) is 6.07 Å². The number of nitrogens with one attached hydrogen (secondary N) is 1. The van der Waals surface area contributed by atoms with E-state index in [9.17, 15) is 4.79 Å². The zero-order valence-corrected chi connectivity index (χ0v) is 14.1. The van der Waals surface area contributed by atoms with Crippen molar-refractivity contribution in [2.24, 2.45) is 0 Å². The average Bonchev–Trinajstić information content (AvgIpc) is 3.11. The highest BCUT2D eigenvalue weighted by Gasteiger charge is 2.14. The van der Waals surface area contributed by atoms with Crippen molar-refractivity contribution in [2.45, 2.75) is 25.8 Å². The summed E-state index contributed by atoms with van der Waals surface area (Å²) in [6.07, 6.45) is 9.19. The fourth-order valence-corrected chi connectivity index (χ4v) is 3.18. The van der Waals surface area contributed by atoms with Gasteiger partial charge in [0.05, 0.1) is 17.8 Å². The van der Waals surface area contributed by atoms with Crippen LogP contribution in [0.25, 0.3) is 5.52 Å². The third-order valence-corrected chi connectivity index (χ3v) is 4.54. The molecule has 6 nitrogen and oxygen atoms in total. The Bertz CT molecular complexity index is 849. The van der Waals surface area contributed by atoms with Crippen molar-refractivity contribution in [3.8, 4) is 0 Å². The maximum Gasteiger partial charge on any atom is 0.253 e. The molecule has 0 radical (unpaired) electrons. The highest BCUT2D eigenvalue weighted by molar-refractivity contribution is 5.95. The molecule has 1 N–H and O–H groups in total. The fourth-order valence-electron chi connectivity index (χ4n) is 3.18. The molecular weight excluding hydrogens is 314 g/mol. The van der Waals surface area contributed by atoms with Gasteiger partial charge >= 0.3 is 0 Å². The quantitative estimate of drug-likeness (QED) is 0.796. The Morgan fingerprint density at radius 1 is 1.16 bits per heavy atom. The van der Waals surface area contributed by atoms with Crippen LogP contribution in [0.4, 0.5) is 5.95 Å². The van der Waals surface area contributed by atoms with Gasteiger partial charge in [-0.2, -0.15) is 0 Å². The van der Waals surface area contributed by atoms with Gasteiger partial charge in [0.2, 0.25) is 5.95 Å². The minimum absolute atomic E-state index is 0.0955. The summed E-state index contributed by atoms with van der Waals surface area (Å²) in [4.78, 5) is 23.6. The molecular formula is C19H21N5O. The first-order valence-electron chi connectivity index (χ1n) is 8.71. The summed E-state index contributed by atoms with van der Waals surface area (Å²) < 4.78 is 1.94. The maximum atomic E-state index is 12.4. The first-order valence-corrected chi connectivity index (χ1v) is 8.71. The molecule has 0 aromatic carbocycles. The number of hydrogen-bond acceptors (Lipinski definition) is 4. The van der Waals surface area contributed by atoms with E-state index >= 15 is 0 Å². The van der Waals surface area contributed by atoms with Crippen LogP contribution in [0, 0.1) is 0 Å². The average molecular weight is 335 g/mol. The molecule has 1 amide bonds. The lowest BCUT2D eigenvalue weighted by Crippen LogP contribution is -2.31. The molecule has 4 heterocycles. The smallest absolute Gasteiger partial charge is 0.253 e. The molecule has 0 atom stereocenters. The highest BCUT2D eigenvalue weighted by Crippen LogP contribution is 2.15. The molecule has 1 saturated heterocycles. The zero-order valence-electron chi connectivity index (χ0n) is 14.1. The van der Waals surface area contributed by atoms with Crippen molar-refractivity contribution < 1.29 is 4.79 Å². The number of amides is 1. The van der Waals surface area contributed by atoms with Crippen molar-refractivity contribution in [3.63, 3.8) is 0 Å². The Morgan fingerprint density at radius 3 is 2.88 bits per heavy atom. The SMILES string of the molecule is O=C(NCc1ccnc(N2CCCCC2)n1)c1cc2ccccn2c1. The molecule has 1 fully saturated rings. The summed E-state index contributed by atoms with van der Waals surface area (Å²) in [6.45, 7) is 2.41. The van der Waals surface area contributed by atoms with Crippen molar-refractivity contribution in [3.05, 3.63) is 60.2 Å². The summed E-state index contributed by atoms with van der Waals surface area (Å²) in [5.74, 6) is 0.669. The van der Waals surface area contributed by atoms with Gasteiger partial charge < -0.3 is 14.6 Å². The van der Waals surface area contributed by atoms with Gasteiger partial charge in [-0.15, -0.1) is 0 Å². The number of rotatable bonds is 4. The maximum absolute atomic E-state index is 12.4. The molecule has 0 saturated carbocycles. The molecule has 1 aliphatic heterocycles. The molecule has 0 spiro atoms. The third kappa shape index (κ3) is 3.47. The fraction of sp³-hybridized carbons (Fsp3) is 0.316. The molecule has 1 aliphatic rings. The van der Waals surface area contributed by atoms with Gasteiger partial charge in [0.25, 0.3) is 5.91 Å². The lowest BCUT2D eigenvalue weighted by molar-refractivity contribution is 0.0950. The van der Waals surface area contributed by atoms with E-state index in [4.69, 9.17) is 0 Å². The first-order chi connectivity index (χ1) is 12.3. The Morgan fingerprint density at radius 2 is 2.04 bits per heavy atom. The number of fused-ring (bicyclic) bond motifs is 1. The van der Waals surface area contributed by atoms with Crippen LogP contribution >= 0.6 is 0 Å². The van der Waals surface area contributed by atoms with E-state index in [1.54, 1.807) is 6.20 Å². The van der Waals surface area contributed by atoms with Crippen molar-refractivity contribution in [1.82, 2.24) is 19.7 Å². The molecule has 128 valence electrons. The van der Waals surface area contributed by atoms with E-state index in [1.165, 1.54) is 19.3 Å². The number of carbonyl (C=O) groups is 1. The number of hydrogen-bond donors (Lipinski definition) is 1. The lowest BCUT2D eigenvalue weighted by Gasteiger charge is -2.26. The molecule has 4 rings (SSSR count). The van der Waals surface area contributed by atoms with Crippen LogP contribution in [0.3, 0.4) is 0 Å². The van der Waals surface area contributed by atoms with Crippen molar-refractivity contribution in [1.29, 1.82) is 0 Å².